The molecule has 1 atom stereocenters. The first-order valence-corrected chi connectivity index (χ1v) is 13.6. The Morgan fingerprint density at radius 1 is 0.902 bits per heavy atom. The minimum Gasteiger partial charge on any atom is -0.497 e. The summed E-state index contributed by atoms with van der Waals surface area (Å²) < 4.78 is 46.2. The van der Waals surface area contributed by atoms with Crippen molar-refractivity contribution in [1.29, 1.82) is 0 Å². The van der Waals surface area contributed by atoms with Gasteiger partial charge in [-0.3, -0.25) is 4.79 Å². The first-order valence-electron chi connectivity index (χ1n) is 12.8. The van der Waals surface area contributed by atoms with Gasteiger partial charge in [0.05, 0.1) is 7.11 Å². The highest BCUT2D eigenvalue weighted by Crippen LogP contribution is 2.28. The maximum Gasteiger partial charge on any atom is 0.242 e. The average Bonchev–Trinajstić information content (AvgIpc) is 2.91. The van der Waals surface area contributed by atoms with Crippen LogP contribution in [-0.4, -0.2) is 34.0 Å². The van der Waals surface area contributed by atoms with Gasteiger partial charge in [-0.1, -0.05) is 19.9 Å². The molecule has 0 fully saturated rings. The molecule has 1 heterocycles. The lowest BCUT2D eigenvalue weighted by molar-refractivity contribution is -0.122. The normalized spacial score (nSPS) is 11.7. The zero-order valence-electron chi connectivity index (χ0n) is 22.6. The minimum atomic E-state index is -0.767. The molecule has 0 aliphatic carbocycles. The van der Waals surface area contributed by atoms with Crippen molar-refractivity contribution in [3.05, 3.63) is 89.7 Å². The van der Waals surface area contributed by atoms with Crippen LogP contribution in [0.1, 0.15) is 25.8 Å². The zero-order valence-corrected chi connectivity index (χ0v) is 23.4. The van der Waals surface area contributed by atoms with Crippen LogP contribution in [0.15, 0.2) is 76.8 Å². The van der Waals surface area contributed by atoms with Gasteiger partial charge in [0.25, 0.3) is 0 Å². The molecular weight excluding hydrogens is 553 g/mol. The van der Waals surface area contributed by atoms with E-state index in [4.69, 9.17) is 4.74 Å². The first kappa shape index (κ1) is 29.7. The highest BCUT2D eigenvalue weighted by Gasteiger charge is 2.22. The lowest BCUT2D eigenvalue weighted by Crippen LogP contribution is -2.40. The number of amides is 1. The third-order valence-electron chi connectivity index (χ3n) is 5.68. The number of methoxy groups -OCH3 is 1. The number of ether oxygens (including phenoxy) is 1. The molecule has 41 heavy (non-hydrogen) atoms. The molecule has 4 aromatic rings. The van der Waals surface area contributed by atoms with Crippen LogP contribution >= 0.6 is 11.8 Å². The van der Waals surface area contributed by atoms with E-state index >= 15 is 0 Å². The molecule has 0 saturated heterocycles. The lowest BCUT2D eigenvalue weighted by atomic mass is 10.0. The second-order valence-electron chi connectivity index (χ2n) is 9.50. The van der Waals surface area contributed by atoms with E-state index in [0.717, 1.165) is 23.1 Å². The van der Waals surface area contributed by atoms with Crippen molar-refractivity contribution in [2.24, 2.45) is 5.92 Å². The molecule has 3 aromatic carbocycles. The van der Waals surface area contributed by atoms with Crippen LogP contribution in [0.4, 0.5) is 30.8 Å². The number of aromatic nitrogens is 3. The third-order valence-corrected chi connectivity index (χ3v) is 6.55. The summed E-state index contributed by atoms with van der Waals surface area (Å²) in [6.45, 7) is 3.85. The van der Waals surface area contributed by atoms with Gasteiger partial charge in [0.15, 0.2) is 5.16 Å². The molecule has 0 radical (unpaired) electrons. The number of carbonyl (C=O) groups excluding carboxylic acids is 1. The van der Waals surface area contributed by atoms with Gasteiger partial charge in [-0.15, -0.1) is 0 Å². The summed E-state index contributed by atoms with van der Waals surface area (Å²) in [4.78, 5) is 27.4. The Bertz CT molecular complexity index is 1470. The second-order valence-corrected chi connectivity index (χ2v) is 10.5. The first-order chi connectivity index (χ1) is 19.7. The van der Waals surface area contributed by atoms with E-state index in [1.165, 1.54) is 23.9 Å². The minimum absolute atomic E-state index is 0.0636. The largest absolute Gasteiger partial charge is 0.497 e. The quantitative estimate of drug-likeness (QED) is 0.178. The number of nitrogens with one attached hydrogen (secondary N) is 3. The molecule has 0 spiro atoms. The summed E-state index contributed by atoms with van der Waals surface area (Å²) in [5, 5.41) is 9.11. The van der Waals surface area contributed by atoms with E-state index in [-0.39, 0.29) is 24.4 Å². The molecule has 1 aromatic heterocycles. The molecule has 214 valence electrons. The molecule has 0 aliphatic rings. The van der Waals surface area contributed by atoms with Crippen LogP contribution in [0.2, 0.25) is 0 Å². The number of hydrogen-bond donors (Lipinski definition) is 3. The van der Waals surface area contributed by atoms with Gasteiger partial charge in [-0.25, -0.2) is 13.2 Å². The molecule has 0 unspecified atom stereocenters. The Balaban J connectivity index is 1.58. The molecular formula is C29H29F3N6O2S. The molecule has 0 aliphatic heterocycles. The van der Waals surface area contributed by atoms with Crippen LogP contribution in [-0.2, 0) is 11.3 Å². The van der Waals surface area contributed by atoms with Crippen LogP contribution in [0.25, 0.3) is 0 Å². The third kappa shape index (κ3) is 9.10. The van der Waals surface area contributed by atoms with E-state index in [0.29, 0.717) is 28.6 Å². The van der Waals surface area contributed by atoms with Crippen LogP contribution in [0.5, 0.6) is 5.75 Å². The highest BCUT2D eigenvalue weighted by molar-refractivity contribution is 7.99. The van der Waals surface area contributed by atoms with E-state index < -0.39 is 29.4 Å². The molecule has 4 rings (SSSR count). The predicted molar refractivity (Wildman–Crippen MR) is 152 cm³/mol. The second kappa shape index (κ2) is 13.8. The fourth-order valence-electron chi connectivity index (χ4n) is 3.85. The summed E-state index contributed by atoms with van der Waals surface area (Å²) in [5.74, 6) is -1.20. The Morgan fingerprint density at radius 2 is 1.61 bits per heavy atom. The van der Waals surface area contributed by atoms with Crippen molar-refractivity contribution in [1.82, 2.24) is 20.3 Å². The Hall–Kier alpha value is -4.32. The van der Waals surface area contributed by atoms with E-state index in [2.05, 4.69) is 30.9 Å². The molecule has 0 bridgehead atoms. The fourth-order valence-corrected chi connectivity index (χ4v) is 4.60. The zero-order chi connectivity index (χ0) is 29.4. The van der Waals surface area contributed by atoms with Crippen LogP contribution < -0.4 is 20.7 Å². The van der Waals surface area contributed by atoms with Crippen molar-refractivity contribution >= 4 is 35.3 Å². The van der Waals surface area contributed by atoms with Gasteiger partial charge < -0.3 is 20.7 Å². The maximum atomic E-state index is 13.8. The Kier molecular flexibility index (Phi) is 10.0. The summed E-state index contributed by atoms with van der Waals surface area (Å²) in [6, 6.07) is 15.5. The van der Waals surface area contributed by atoms with Crippen molar-refractivity contribution in [3.8, 4) is 5.75 Å². The summed E-state index contributed by atoms with van der Waals surface area (Å²) in [6.07, 6.45) is 0.419. The van der Waals surface area contributed by atoms with Crippen molar-refractivity contribution in [2.45, 2.75) is 42.9 Å². The molecule has 8 nitrogen and oxygen atoms in total. The number of rotatable bonds is 12. The van der Waals surface area contributed by atoms with Crippen molar-refractivity contribution < 1.29 is 22.7 Å². The number of nitrogens with zero attached hydrogens (tertiary/aromatic N) is 3. The van der Waals surface area contributed by atoms with Gasteiger partial charge in [0.2, 0.25) is 17.8 Å². The average molecular weight is 583 g/mol. The SMILES string of the molecule is COc1ccc(Sc2nc(Nc3cccc(F)c3)nc(N[C@@H](CC(C)C)C(=O)NCc3cc(F)cc(F)c3)n2)cc1. The Labute approximate surface area is 240 Å². The van der Waals surface area contributed by atoms with Crippen LogP contribution in [0.3, 0.4) is 0 Å². The van der Waals surface area contributed by atoms with Gasteiger partial charge in [-0.2, -0.15) is 15.0 Å². The van der Waals surface area contributed by atoms with Gasteiger partial charge in [-0.05, 0) is 84.3 Å². The summed E-state index contributed by atoms with van der Waals surface area (Å²) >= 11 is 1.26. The van der Waals surface area contributed by atoms with E-state index in [1.54, 1.807) is 19.2 Å². The summed E-state index contributed by atoms with van der Waals surface area (Å²) in [5.41, 5.74) is 0.723. The molecule has 1 amide bonds. The van der Waals surface area contributed by atoms with E-state index in [1.807, 2.05) is 38.1 Å². The number of anilines is 3. The lowest BCUT2D eigenvalue weighted by Gasteiger charge is -2.21. The number of hydrogen-bond acceptors (Lipinski definition) is 8. The standard InChI is InChI=1S/C29H29F3N6O2S/c1-17(2)11-25(26(39)33-16-18-12-20(31)14-21(32)13-18)35-28-36-27(34-22-6-4-5-19(30)15-22)37-29(38-28)41-24-9-7-23(40-3)8-10-24/h4-10,12-15,17,25H,11,16H2,1-3H3,(H,33,39)(H2,34,35,36,37,38)/t25-/m0/s1. The fraction of sp³-hybridized carbons (Fsp3) is 0.241. The maximum absolute atomic E-state index is 13.8. The molecule has 3 N–H and O–H groups in total. The van der Waals surface area contributed by atoms with Crippen LogP contribution in [0, 0.1) is 23.4 Å². The van der Waals surface area contributed by atoms with Gasteiger partial charge in [0.1, 0.15) is 29.2 Å². The molecule has 0 saturated carbocycles. The highest BCUT2D eigenvalue weighted by atomic mass is 32.2. The number of carbonyl (C=O) groups is 1. The smallest absolute Gasteiger partial charge is 0.242 e. The monoisotopic (exact) mass is 582 g/mol. The van der Waals surface area contributed by atoms with Crippen molar-refractivity contribution in [2.75, 3.05) is 17.7 Å². The number of halogens is 3. The van der Waals surface area contributed by atoms with Gasteiger partial charge >= 0.3 is 0 Å². The molecule has 12 heteroatoms. The topological polar surface area (TPSA) is 101 Å². The van der Waals surface area contributed by atoms with E-state index in [9.17, 15) is 18.0 Å². The van der Waals surface area contributed by atoms with Crippen molar-refractivity contribution in [3.63, 3.8) is 0 Å². The number of benzene rings is 3. The Morgan fingerprint density at radius 3 is 2.27 bits per heavy atom. The summed E-state index contributed by atoms with van der Waals surface area (Å²) in [7, 11) is 1.58. The van der Waals surface area contributed by atoms with Gasteiger partial charge in [0, 0.05) is 23.2 Å². The predicted octanol–water partition coefficient (Wildman–Crippen LogP) is 6.34.